The second-order valence-electron chi connectivity index (χ2n) is 5.05. The molecule has 0 aliphatic heterocycles. The molecule has 8 heteroatoms. The molecule has 1 aromatic carbocycles. The lowest BCUT2D eigenvalue weighted by atomic mass is 10.2. The normalized spacial score (nSPS) is 11.2. The average Bonchev–Trinajstić information content (AvgIpc) is 3.20. The van der Waals surface area contributed by atoms with Crippen molar-refractivity contribution >= 4 is 39.4 Å². The number of thiazole rings is 1. The van der Waals surface area contributed by atoms with Crippen molar-refractivity contribution in [1.29, 1.82) is 0 Å². The third kappa shape index (κ3) is 3.12. The molecule has 0 aliphatic rings. The summed E-state index contributed by atoms with van der Waals surface area (Å²) in [5, 5.41) is 7.03. The van der Waals surface area contributed by atoms with Crippen LogP contribution in [0, 0.1) is 6.92 Å². The Bertz CT molecular complexity index is 1050. The van der Waals surface area contributed by atoms with Gasteiger partial charge in [-0.3, -0.25) is 4.79 Å². The Morgan fingerprint density at radius 1 is 1.21 bits per heavy atom. The lowest BCUT2D eigenvalue weighted by Crippen LogP contribution is -2.15. The first-order valence-electron chi connectivity index (χ1n) is 7.19. The SMILES string of the molecule is Cc1nn2c(=O)cc(CSc3nc(-c4ccccc4)cs3)nc2s1. The molecule has 0 saturated heterocycles. The molecule has 0 bridgehead atoms. The Balaban J connectivity index is 1.53. The van der Waals surface area contributed by atoms with Crippen LogP contribution in [-0.4, -0.2) is 19.6 Å². The standard InChI is InChI=1S/C16H12N4OS3/c1-10-19-20-14(21)7-12(17-15(20)24-10)8-22-16-18-13(9-23-16)11-5-3-2-4-6-11/h2-7,9H,8H2,1H3. The number of hydrogen-bond acceptors (Lipinski definition) is 7. The molecule has 4 rings (SSSR count). The zero-order valence-electron chi connectivity index (χ0n) is 12.7. The number of rotatable bonds is 4. The van der Waals surface area contributed by atoms with E-state index in [4.69, 9.17) is 0 Å². The minimum absolute atomic E-state index is 0.135. The smallest absolute Gasteiger partial charge is 0.267 e. The van der Waals surface area contributed by atoms with Crippen LogP contribution in [-0.2, 0) is 5.75 Å². The highest BCUT2D eigenvalue weighted by Crippen LogP contribution is 2.29. The fourth-order valence-electron chi connectivity index (χ4n) is 2.23. The van der Waals surface area contributed by atoms with E-state index in [-0.39, 0.29) is 5.56 Å². The van der Waals surface area contributed by atoms with Crippen LogP contribution in [0.25, 0.3) is 16.2 Å². The molecule has 0 atom stereocenters. The number of aromatic nitrogens is 4. The maximum Gasteiger partial charge on any atom is 0.275 e. The summed E-state index contributed by atoms with van der Waals surface area (Å²) in [5.74, 6) is 0.616. The van der Waals surface area contributed by atoms with Gasteiger partial charge in [-0.05, 0) is 6.92 Å². The molecule has 24 heavy (non-hydrogen) atoms. The van der Waals surface area contributed by atoms with Gasteiger partial charge in [0.25, 0.3) is 5.56 Å². The van der Waals surface area contributed by atoms with Crippen LogP contribution in [0.15, 0.2) is 50.9 Å². The van der Waals surface area contributed by atoms with E-state index in [2.05, 4.69) is 20.4 Å². The predicted molar refractivity (Wildman–Crippen MR) is 99.0 cm³/mol. The number of nitrogens with zero attached hydrogens (tertiary/aromatic N) is 4. The summed E-state index contributed by atoms with van der Waals surface area (Å²) in [7, 11) is 0. The molecule has 5 nitrogen and oxygen atoms in total. The van der Waals surface area contributed by atoms with E-state index in [1.807, 2.05) is 37.3 Å². The third-order valence-electron chi connectivity index (χ3n) is 3.30. The largest absolute Gasteiger partial charge is 0.275 e. The molecule has 0 aliphatic carbocycles. The molecule has 3 aromatic heterocycles. The number of fused-ring (bicyclic) bond motifs is 1. The maximum absolute atomic E-state index is 12.1. The number of aryl methyl sites for hydroxylation is 1. The van der Waals surface area contributed by atoms with Crippen molar-refractivity contribution in [3.05, 3.63) is 62.8 Å². The van der Waals surface area contributed by atoms with Gasteiger partial charge in [0, 0.05) is 22.8 Å². The van der Waals surface area contributed by atoms with Gasteiger partial charge in [0.15, 0.2) is 4.34 Å². The average molecular weight is 373 g/mol. The summed E-state index contributed by atoms with van der Waals surface area (Å²) in [6, 6.07) is 11.6. The summed E-state index contributed by atoms with van der Waals surface area (Å²) in [6.45, 7) is 1.87. The van der Waals surface area contributed by atoms with E-state index in [1.165, 1.54) is 15.9 Å². The summed E-state index contributed by atoms with van der Waals surface area (Å²) >= 11 is 4.62. The van der Waals surface area contributed by atoms with E-state index in [0.29, 0.717) is 10.7 Å². The molecule has 0 amide bonds. The molecule has 4 aromatic rings. The fraction of sp³-hybridized carbons (Fsp3) is 0.125. The second kappa shape index (κ2) is 6.46. The van der Waals surface area contributed by atoms with Crippen LogP contribution in [0.2, 0.25) is 0 Å². The molecule has 120 valence electrons. The monoisotopic (exact) mass is 372 g/mol. The van der Waals surface area contributed by atoms with E-state index < -0.39 is 0 Å². The minimum Gasteiger partial charge on any atom is -0.267 e. The highest BCUT2D eigenvalue weighted by Gasteiger charge is 2.09. The van der Waals surface area contributed by atoms with Crippen molar-refractivity contribution in [1.82, 2.24) is 19.6 Å². The van der Waals surface area contributed by atoms with Gasteiger partial charge in [-0.25, -0.2) is 9.97 Å². The number of benzene rings is 1. The zero-order chi connectivity index (χ0) is 16.5. The highest BCUT2D eigenvalue weighted by molar-refractivity contribution is 8.00. The first-order chi connectivity index (χ1) is 11.7. The fourth-order valence-corrected chi connectivity index (χ4v) is 4.72. The summed E-state index contributed by atoms with van der Waals surface area (Å²) < 4.78 is 2.32. The van der Waals surface area contributed by atoms with Gasteiger partial charge in [-0.1, -0.05) is 53.4 Å². The molecular formula is C16H12N4OS3. The predicted octanol–water partition coefficient (Wildman–Crippen LogP) is 3.88. The van der Waals surface area contributed by atoms with Crippen LogP contribution in [0.4, 0.5) is 0 Å². The van der Waals surface area contributed by atoms with E-state index in [0.717, 1.165) is 26.3 Å². The molecule has 0 fully saturated rings. The van der Waals surface area contributed by atoms with Crippen LogP contribution in [0.1, 0.15) is 10.7 Å². The lowest BCUT2D eigenvalue weighted by molar-refractivity contribution is 0.872. The van der Waals surface area contributed by atoms with Crippen LogP contribution < -0.4 is 5.56 Å². The molecule has 0 spiro atoms. The Hall–Kier alpha value is -2.03. The van der Waals surface area contributed by atoms with E-state index >= 15 is 0 Å². The van der Waals surface area contributed by atoms with Crippen molar-refractivity contribution in [2.45, 2.75) is 17.0 Å². The molecule has 0 saturated carbocycles. The molecule has 0 radical (unpaired) electrons. The number of thioether (sulfide) groups is 1. The quantitative estimate of drug-likeness (QED) is 0.509. The van der Waals surface area contributed by atoms with Crippen molar-refractivity contribution in [2.75, 3.05) is 0 Å². The Labute approximate surface area is 150 Å². The topological polar surface area (TPSA) is 60.2 Å². The highest BCUT2D eigenvalue weighted by atomic mass is 32.2. The van der Waals surface area contributed by atoms with E-state index in [9.17, 15) is 4.79 Å². The van der Waals surface area contributed by atoms with Crippen LogP contribution in [0.5, 0.6) is 0 Å². The van der Waals surface area contributed by atoms with Gasteiger partial charge in [-0.15, -0.1) is 11.3 Å². The van der Waals surface area contributed by atoms with E-state index in [1.54, 1.807) is 29.2 Å². The summed E-state index contributed by atoms with van der Waals surface area (Å²) in [6.07, 6.45) is 0. The van der Waals surface area contributed by atoms with Gasteiger partial charge >= 0.3 is 0 Å². The van der Waals surface area contributed by atoms with Gasteiger partial charge in [0.1, 0.15) is 5.01 Å². The van der Waals surface area contributed by atoms with Crippen LogP contribution in [0.3, 0.4) is 0 Å². The third-order valence-corrected chi connectivity index (χ3v) is 6.17. The first kappa shape index (κ1) is 15.5. The van der Waals surface area contributed by atoms with Gasteiger partial charge < -0.3 is 0 Å². The first-order valence-corrected chi connectivity index (χ1v) is 9.87. The summed E-state index contributed by atoms with van der Waals surface area (Å²) in [5.41, 5.74) is 2.71. The van der Waals surface area contributed by atoms with Crippen LogP contribution >= 0.6 is 34.4 Å². The van der Waals surface area contributed by atoms with Gasteiger partial charge in [-0.2, -0.15) is 9.61 Å². The molecular weight excluding hydrogens is 360 g/mol. The zero-order valence-corrected chi connectivity index (χ0v) is 15.1. The number of hydrogen-bond donors (Lipinski definition) is 0. The molecule has 0 N–H and O–H groups in total. The van der Waals surface area contributed by atoms with Gasteiger partial charge in [0.05, 0.1) is 11.4 Å². The Morgan fingerprint density at radius 2 is 2.04 bits per heavy atom. The van der Waals surface area contributed by atoms with Gasteiger partial charge in [0.2, 0.25) is 4.96 Å². The Morgan fingerprint density at radius 3 is 2.88 bits per heavy atom. The minimum atomic E-state index is -0.135. The Kier molecular flexibility index (Phi) is 4.17. The van der Waals surface area contributed by atoms with Crippen molar-refractivity contribution in [3.63, 3.8) is 0 Å². The maximum atomic E-state index is 12.1. The lowest BCUT2D eigenvalue weighted by Gasteiger charge is -1.98. The van der Waals surface area contributed by atoms with Crippen molar-refractivity contribution in [3.8, 4) is 11.3 Å². The molecule has 3 heterocycles. The van der Waals surface area contributed by atoms with Crippen molar-refractivity contribution < 1.29 is 0 Å². The molecule has 0 unspecified atom stereocenters. The summed E-state index contributed by atoms with van der Waals surface area (Å²) in [4.78, 5) is 21.9. The second-order valence-corrected chi connectivity index (χ2v) is 8.30. The van der Waals surface area contributed by atoms with Crippen molar-refractivity contribution in [2.24, 2.45) is 0 Å².